The van der Waals surface area contributed by atoms with Gasteiger partial charge in [-0.25, -0.2) is 8.42 Å². The molecule has 1 aromatic heterocycles. The molecule has 0 aliphatic heterocycles. The largest absolute Gasteiger partial charge is 0.309 e. The maximum atomic E-state index is 11.1. The monoisotopic (exact) mass is 276 g/mol. The molecule has 0 aliphatic rings. The summed E-state index contributed by atoms with van der Waals surface area (Å²) in [5.41, 5.74) is 1.81. The number of thiazole rings is 1. The van der Waals surface area contributed by atoms with Gasteiger partial charge in [-0.2, -0.15) is 0 Å². The number of aromatic nitrogens is 1. The molecule has 98 valence electrons. The van der Waals surface area contributed by atoms with Gasteiger partial charge in [0.15, 0.2) is 0 Å². The minimum Gasteiger partial charge on any atom is -0.309 e. The summed E-state index contributed by atoms with van der Waals surface area (Å²) in [6.07, 6.45) is 5.75. The predicted octanol–water partition coefficient (Wildman–Crippen LogP) is 2.01. The number of nitrogens with one attached hydrogen (secondary N) is 1. The third-order valence-electron chi connectivity index (χ3n) is 2.44. The molecular formula is C11H20N2O2S2. The lowest BCUT2D eigenvalue weighted by Crippen LogP contribution is -2.22. The zero-order valence-electron chi connectivity index (χ0n) is 10.3. The Morgan fingerprint density at radius 2 is 2.29 bits per heavy atom. The standard InChI is InChI=1S/C11H20N2O2S2/c1-3-6-13-10(11-8-12-9-16-11)5-4-7-17(2,14)15/h8-10,13H,3-7H2,1-2H3. The van der Waals surface area contributed by atoms with Crippen LogP contribution in [0.15, 0.2) is 11.7 Å². The Balaban J connectivity index is 2.47. The van der Waals surface area contributed by atoms with Gasteiger partial charge in [-0.3, -0.25) is 4.98 Å². The van der Waals surface area contributed by atoms with Crippen molar-refractivity contribution < 1.29 is 8.42 Å². The van der Waals surface area contributed by atoms with Gasteiger partial charge in [-0.1, -0.05) is 6.92 Å². The smallest absolute Gasteiger partial charge is 0.147 e. The maximum Gasteiger partial charge on any atom is 0.147 e. The van der Waals surface area contributed by atoms with E-state index in [4.69, 9.17) is 0 Å². The van der Waals surface area contributed by atoms with Crippen molar-refractivity contribution in [2.75, 3.05) is 18.6 Å². The van der Waals surface area contributed by atoms with Crippen LogP contribution in [0.5, 0.6) is 0 Å². The van der Waals surface area contributed by atoms with Gasteiger partial charge in [0.2, 0.25) is 0 Å². The number of nitrogens with zero attached hydrogens (tertiary/aromatic N) is 1. The van der Waals surface area contributed by atoms with Gasteiger partial charge in [0.05, 0.1) is 5.51 Å². The third-order valence-corrected chi connectivity index (χ3v) is 4.36. The number of sulfone groups is 1. The van der Waals surface area contributed by atoms with E-state index in [-0.39, 0.29) is 11.8 Å². The summed E-state index contributed by atoms with van der Waals surface area (Å²) in [4.78, 5) is 5.26. The Morgan fingerprint density at radius 3 is 2.82 bits per heavy atom. The molecule has 0 amide bonds. The molecule has 0 spiro atoms. The second kappa shape index (κ2) is 7.08. The van der Waals surface area contributed by atoms with Gasteiger partial charge in [0.1, 0.15) is 9.84 Å². The molecule has 0 radical (unpaired) electrons. The molecule has 4 nitrogen and oxygen atoms in total. The van der Waals surface area contributed by atoms with Crippen LogP contribution in [0, 0.1) is 0 Å². The number of hydrogen-bond donors (Lipinski definition) is 1. The first kappa shape index (κ1) is 14.6. The quantitative estimate of drug-likeness (QED) is 0.789. The van der Waals surface area contributed by atoms with Gasteiger partial charge in [-0.05, 0) is 25.8 Å². The minimum atomic E-state index is -2.85. The molecule has 1 N–H and O–H groups in total. The maximum absolute atomic E-state index is 11.1. The molecule has 1 rings (SSSR count). The molecule has 0 aliphatic carbocycles. The van der Waals surface area contributed by atoms with E-state index in [1.54, 1.807) is 11.3 Å². The molecule has 1 atom stereocenters. The fourth-order valence-corrected chi connectivity index (χ4v) is 3.03. The Bertz CT molecular complexity index is 401. The van der Waals surface area contributed by atoms with Crippen molar-refractivity contribution in [3.05, 3.63) is 16.6 Å². The van der Waals surface area contributed by atoms with Crippen molar-refractivity contribution in [1.82, 2.24) is 10.3 Å². The average molecular weight is 276 g/mol. The molecule has 17 heavy (non-hydrogen) atoms. The second-order valence-corrected chi connectivity index (χ2v) is 7.36. The summed E-state index contributed by atoms with van der Waals surface area (Å²) in [7, 11) is -2.85. The van der Waals surface area contributed by atoms with Crippen molar-refractivity contribution in [2.24, 2.45) is 0 Å². The molecule has 0 aromatic carbocycles. The lowest BCUT2D eigenvalue weighted by Gasteiger charge is -2.16. The lowest BCUT2D eigenvalue weighted by atomic mass is 10.1. The summed E-state index contributed by atoms with van der Waals surface area (Å²) < 4.78 is 22.2. The van der Waals surface area contributed by atoms with Crippen molar-refractivity contribution >= 4 is 21.2 Å². The molecule has 1 heterocycles. The zero-order valence-corrected chi connectivity index (χ0v) is 12.0. The summed E-state index contributed by atoms with van der Waals surface area (Å²) in [6.45, 7) is 3.06. The fourth-order valence-electron chi connectivity index (χ4n) is 1.61. The van der Waals surface area contributed by atoms with E-state index in [0.717, 1.165) is 19.4 Å². The van der Waals surface area contributed by atoms with Gasteiger partial charge in [0, 0.05) is 29.1 Å². The number of hydrogen-bond acceptors (Lipinski definition) is 5. The topological polar surface area (TPSA) is 59.1 Å². The van der Waals surface area contributed by atoms with Gasteiger partial charge < -0.3 is 5.32 Å². The molecule has 0 saturated heterocycles. The molecule has 0 fully saturated rings. The highest BCUT2D eigenvalue weighted by molar-refractivity contribution is 7.90. The Labute approximate surface area is 107 Å². The van der Waals surface area contributed by atoms with Crippen molar-refractivity contribution in [3.63, 3.8) is 0 Å². The van der Waals surface area contributed by atoms with E-state index >= 15 is 0 Å². The Hall–Kier alpha value is -0.460. The highest BCUT2D eigenvalue weighted by Gasteiger charge is 2.13. The normalized spacial score (nSPS) is 13.8. The Kier molecular flexibility index (Phi) is 6.08. The molecular weight excluding hydrogens is 256 g/mol. The van der Waals surface area contributed by atoms with E-state index in [9.17, 15) is 8.42 Å². The van der Waals surface area contributed by atoms with E-state index in [1.165, 1.54) is 11.1 Å². The van der Waals surface area contributed by atoms with Gasteiger partial charge >= 0.3 is 0 Å². The first-order valence-corrected chi connectivity index (χ1v) is 8.76. The first-order chi connectivity index (χ1) is 8.03. The summed E-state index contributed by atoms with van der Waals surface area (Å²) in [5, 5.41) is 3.43. The molecule has 0 bridgehead atoms. The summed E-state index contributed by atoms with van der Waals surface area (Å²) in [6, 6.07) is 0.240. The Morgan fingerprint density at radius 1 is 1.53 bits per heavy atom. The highest BCUT2D eigenvalue weighted by Crippen LogP contribution is 2.22. The summed E-state index contributed by atoms with van der Waals surface area (Å²) >= 11 is 1.62. The van der Waals surface area contributed by atoms with Crippen LogP contribution in [0.4, 0.5) is 0 Å². The molecule has 1 unspecified atom stereocenters. The molecule has 0 saturated carbocycles. The van der Waals surface area contributed by atoms with Crippen LogP contribution in [0.3, 0.4) is 0 Å². The van der Waals surface area contributed by atoms with Crippen molar-refractivity contribution in [2.45, 2.75) is 32.2 Å². The third kappa shape index (κ3) is 6.14. The van der Waals surface area contributed by atoms with Crippen LogP contribution < -0.4 is 5.32 Å². The van der Waals surface area contributed by atoms with Gasteiger partial charge in [0.25, 0.3) is 0 Å². The van der Waals surface area contributed by atoms with E-state index < -0.39 is 9.84 Å². The molecule has 6 heteroatoms. The second-order valence-electron chi connectivity index (χ2n) is 4.18. The highest BCUT2D eigenvalue weighted by atomic mass is 32.2. The van der Waals surface area contributed by atoms with Crippen LogP contribution in [0.25, 0.3) is 0 Å². The van der Waals surface area contributed by atoms with Crippen molar-refractivity contribution in [1.29, 1.82) is 0 Å². The van der Waals surface area contributed by atoms with Crippen LogP contribution in [0.2, 0.25) is 0 Å². The molecule has 1 aromatic rings. The average Bonchev–Trinajstić information content (AvgIpc) is 2.74. The first-order valence-electron chi connectivity index (χ1n) is 5.82. The summed E-state index contributed by atoms with van der Waals surface area (Å²) in [5.74, 6) is 0.260. The van der Waals surface area contributed by atoms with Crippen molar-refractivity contribution in [3.8, 4) is 0 Å². The SMILES string of the molecule is CCCNC(CCCS(C)(=O)=O)c1cncs1. The minimum absolute atomic E-state index is 0.240. The lowest BCUT2D eigenvalue weighted by molar-refractivity contribution is 0.498. The number of rotatable bonds is 8. The van der Waals surface area contributed by atoms with Crippen LogP contribution >= 0.6 is 11.3 Å². The van der Waals surface area contributed by atoms with Crippen LogP contribution in [0.1, 0.15) is 37.1 Å². The fraction of sp³-hybridized carbons (Fsp3) is 0.727. The van der Waals surface area contributed by atoms with Crippen LogP contribution in [-0.2, 0) is 9.84 Å². The van der Waals surface area contributed by atoms with E-state index in [1.807, 2.05) is 11.7 Å². The zero-order chi connectivity index (χ0) is 12.7. The predicted molar refractivity (Wildman–Crippen MR) is 72.1 cm³/mol. The van der Waals surface area contributed by atoms with E-state index in [0.29, 0.717) is 6.42 Å². The van der Waals surface area contributed by atoms with Gasteiger partial charge in [-0.15, -0.1) is 11.3 Å². The van der Waals surface area contributed by atoms with Crippen LogP contribution in [-0.4, -0.2) is 32.0 Å². The van der Waals surface area contributed by atoms with E-state index in [2.05, 4.69) is 17.2 Å².